The molecule has 5 atom stereocenters. The number of rotatable bonds is 16. The maximum Gasteiger partial charge on any atom is 0.179 e. The third-order valence-electron chi connectivity index (χ3n) is 7.29. The van der Waals surface area contributed by atoms with Crippen LogP contribution >= 0.6 is 0 Å². The van der Waals surface area contributed by atoms with Crippen molar-refractivity contribution >= 4 is 0 Å². The quantitative estimate of drug-likeness (QED) is 0.101. The minimum Gasteiger partial charge on any atom is -0.395 e. The van der Waals surface area contributed by atoms with Crippen LogP contribution in [0.25, 0.3) is 0 Å². The lowest BCUT2D eigenvalue weighted by Gasteiger charge is -2.38. The molecule has 0 saturated heterocycles. The lowest BCUT2D eigenvalue weighted by atomic mass is 9.94. The third-order valence-corrected chi connectivity index (χ3v) is 7.29. The fraction of sp³-hybridized carbons (Fsp3) is 0.333. The second-order valence-corrected chi connectivity index (χ2v) is 10.5. The normalized spacial score (nSPS) is 15.8. The molecule has 42 heavy (non-hydrogen) atoms. The van der Waals surface area contributed by atoms with Crippen molar-refractivity contribution in [1.82, 2.24) is 25.9 Å². The van der Waals surface area contributed by atoms with E-state index < -0.39 is 30.0 Å². The topological polar surface area (TPSA) is 143 Å². The summed E-state index contributed by atoms with van der Waals surface area (Å²) in [6.45, 7) is 2.62. The first kappa shape index (κ1) is 31.4. The maximum absolute atomic E-state index is 12.1. The average molecular weight is 572 g/mol. The van der Waals surface area contributed by atoms with Gasteiger partial charge in [0.05, 0.1) is 42.8 Å². The van der Waals surface area contributed by atoms with E-state index in [0.717, 1.165) is 16.7 Å². The van der Waals surface area contributed by atoms with E-state index in [1.807, 2.05) is 91.0 Å². The van der Waals surface area contributed by atoms with E-state index in [9.17, 15) is 20.4 Å². The molecule has 1 aromatic heterocycles. The standard InChI is InChI=1S/C33H41N5O4/c1-24(40)32(37-19-26-13-7-3-8-14-26)33(42,38-20-27-15-9-4-10-16-27)31-22-34-28(21-36-31)17-30(41)29(23-39)35-18-25-11-5-2-6-12-25/h2-16,21-22,24,29-30,32,35,37-42H,17-20,23H2,1H3/t24-,29-,30-,32-,33?/m0/s1. The van der Waals surface area contributed by atoms with Gasteiger partial charge in [0.25, 0.3) is 0 Å². The highest BCUT2D eigenvalue weighted by Gasteiger charge is 2.42. The molecule has 9 heteroatoms. The van der Waals surface area contributed by atoms with Crippen LogP contribution in [-0.2, 0) is 31.8 Å². The van der Waals surface area contributed by atoms with Gasteiger partial charge in [-0.2, -0.15) is 0 Å². The molecule has 0 amide bonds. The van der Waals surface area contributed by atoms with Gasteiger partial charge in [0.1, 0.15) is 5.69 Å². The van der Waals surface area contributed by atoms with Crippen molar-refractivity contribution in [3.8, 4) is 0 Å². The van der Waals surface area contributed by atoms with Crippen LogP contribution in [0.3, 0.4) is 0 Å². The minimum absolute atomic E-state index is 0.155. The molecule has 0 aliphatic carbocycles. The molecule has 1 heterocycles. The van der Waals surface area contributed by atoms with Crippen molar-refractivity contribution in [2.45, 2.75) is 63.0 Å². The van der Waals surface area contributed by atoms with Gasteiger partial charge in [-0.1, -0.05) is 91.0 Å². The highest BCUT2D eigenvalue weighted by Crippen LogP contribution is 2.24. The number of aliphatic hydroxyl groups is 4. The van der Waals surface area contributed by atoms with Crippen LogP contribution in [-0.4, -0.2) is 61.3 Å². The summed E-state index contributed by atoms with van der Waals surface area (Å²) in [5, 5.41) is 53.3. The molecule has 7 N–H and O–H groups in total. The molecular formula is C33H41N5O4. The summed E-state index contributed by atoms with van der Waals surface area (Å²) in [4.78, 5) is 9.03. The van der Waals surface area contributed by atoms with Crippen LogP contribution in [0, 0.1) is 0 Å². The van der Waals surface area contributed by atoms with Gasteiger partial charge in [-0.25, -0.2) is 0 Å². The van der Waals surface area contributed by atoms with Crippen LogP contribution in [0.1, 0.15) is 35.0 Å². The molecule has 0 saturated carbocycles. The van der Waals surface area contributed by atoms with Crippen molar-refractivity contribution in [1.29, 1.82) is 0 Å². The number of aliphatic hydroxyl groups excluding tert-OH is 3. The van der Waals surface area contributed by atoms with Crippen LogP contribution in [0.15, 0.2) is 103 Å². The Morgan fingerprint density at radius 1 is 0.714 bits per heavy atom. The van der Waals surface area contributed by atoms with E-state index in [0.29, 0.717) is 25.3 Å². The lowest BCUT2D eigenvalue weighted by molar-refractivity contribution is -0.0781. The van der Waals surface area contributed by atoms with E-state index in [1.165, 1.54) is 12.4 Å². The second-order valence-electron chi connectivity index (χ2n) is 10.5. The molecule has 4 rings (SSSR count). The van der Waals surface area contributed by atoms with Gasteiger partial charge in [0.15, 0.2) is 5.72 Å². The van der Waals surface area contributed by atoms with Crippen LogP contribution in [0.2, 0.25) is 0 Å². The Balaban J connectivity index is 1.50. The third kappa shape index (κ3) is 8.73. The molecule has 0 radical (unpaired) electrons. The molecule has 0 spiro atoms. The van der Waals surface area contributed by atoms with Crippen LogP contribution < -0.4 is 16.0 Å². The summed E-state index contributed by atoms with van der Waals surface area (Å²) in [7, 11) is 0. The van der Waals surface area contributed by atoms with Crippen LogP contribution in [0.5, 0.6) is 0 Å². The van der Waals surface area contributed by atoms with Gasteiger partial charge in [-0.3, -0.25) is 15.3 Å². The Morgan fingerprint density at radius 2 is 1.24 bits per heavy atom. The predicted octanol–water partition coefficient (Wildman–Crippen LogP) is 2.00. The molecule has 4 aromatic rings. The molecule has 1 unspecified atom stereocenters. The van der Waals surface area contributed by atoms with E-state index >= 15 is 0 Å². The first-order valence-electron chi connectivity index (χ1n) is 14.2. The molecular weight excluding hydrogens is 530 g/mol. The number of nitrogens with one attached hydrogen (secondary N) is 3. The zero-order valence-corrected chi connectivity index (χ0v) is 23.8. The smallest absolute Gasteiger partial charge is 0.179 e. The summed E-state index contributed by atoms with van der Waals surface area (Å²) < 4.78 is 0. The highest BCUT2D eigenvalue weighted by molar-refractivity contribution is 5.20. The van der Waals surface area contributed by atoms with Gasteiger partial charge >= 0.3 is 0 Å². The number of aromatic nitrogens is 2. The van der Waals surface area contributed by atoms with Gasteiger partial charge < -0.3 is 31.1 Å². The molecule has 0 aliphatic heterocycles. The Labute approximate surface area is 247 Å². The highest BCUT2D eigenvalue weighted by atomic mass is 16.3. The molecule has 9 nitrogen and oxygen atoms in total. The van der Waals surface area contributed by atoms with Crippen LogP contribution in [0.4, 0.5) is 0 Å². The van der Waals surface area contributed by atoms with Crippen molar-refractivity contribution in [3.05, 3.63) is 131 Å². The van der Waals surface area contributed by atoms with Gasteiger partial charge in [0, 0.05) is 32.3 Å². The van der Waals surface area contributed by atoms with Gasteiger partial charge in [-0.05, 0) is 23.6 Å². The summed E-state index contributed by atoms with van der Waals surface area (Å²) >= 11 is 0. The number of hydrogen-bond donors (Lipinski definition) is 7. The fourth-order valence-corrected chi connectivity index (χ4v) is 4.86. The van der Waals surface area contributed by atoms with E-state index in [1.54, 1.807) is 6.92 Å². The molecule has 0 aliphatic rings. The summed E-state index contributed by atoms with van der Waals surface area (Å²) in [5.41, 5.74) is 1.94. The average Bonchev–Trinajstić information content (AvgIpc) is 3.02. The zero-order valence-electron chi connectivity index (χ0n) is 23.8. The summed E-state index contributed by atoms with van der Waals surface area (Å²) in [5.74, 6) is 0. The molecule has 0 bridgehead atoms. The molecule has 222 valence electrons. The number of benzene rings is 3. The SMILES string of the molecule is C[C@H](O)[C@H](NCc1ccccc1)C(O)(NCc1ccccc1)c1cnc(C[C@H](O)[C@H](CO)NCc2ccccc2)cn1. The van der Waals surface area contributed by atoms with E-state index in [2.05, 4.69) is 25.9 Å². The first-order valence-corrected chi connectivity index (χ1v) is 14.2. The van der Waals surface area contributed by atoms with Crippen molar-refractivity contribution in [2.75, 3.05) is 6.61 Å². The van der Waals surface area contributed by atoms with Gasteiger partial charge in [0.2, 0.25) is 0 Å². The Bertz CT molecular complexity index is 1310. The zero-order chi connectivity index (χ0) is 29.8. The number of nitrogens with zero attached hydrogens (tertiary/aromatic N) is 2. The van der Waals surface area contributed by atoms with Crippen molar-refractivity contribution < 1.29 is 20.4 Å². The second kappa shape index (κ2) is 15.6. The Morgan fingerprint density at radius 3 is 1.71 bits per heavy atom. The van der Waals surface area contributed by atoms with E-state index in [-0.39, 0.29) is 18.7 Å². The first-order chi connectivity index (χ1) is 20.4. The molecule has 3 aromatic carbocycles. The van der Waals surface area contributed by atoms with Crippen molar-refractivity contribution in [2.24, 2.45) is 0 Å². The van der Waals surface area contributed by atoms with Crippen molar-refractivity contribution in [3.63, 3.8) is 0 Å². The fourth-order valence-electron chi connectivity index (χ4n) is 4.86. The maximum atomic E-state index is 12.1. The largest absolute Gasteiger partial charge is 0.395 e. The minimum atomic E-state index is -1.78. The van der Waals surface area contributed by atoms with Gasteiger partial charge in [-0.15, -0.1) is 0 Å². The summed E-state index contributed by atoms with van der Waals surface area (Å²) in [6.07, 6.45) is 1.26. The lowest BCUT2D eigenvalue weighted by Crippen LogP contribution is -2.61. The monoisotopic (exact) mass is 571 g/mol. The Hall–Kier alpha value is -3.54. The number of hydrogen-bond acceptors (Lipinski definition) is 9. The predicted molar refractivity (Wildman–Crippen MR) is 162 cm³/mol. The Kier molecular flexibility index (Phi) is 11.7. The summed E-state index contributed by atoms with van der Waals surface area (Å²) in [6, 6.07) is 27.8. The van der Waals surface area contributed by atoms with E-state index in [4.69, 9.17) is 0 Å². The molecule has 0 fully saturated rings.